The molecule has 186 valence electrons. The number of thiazole rings is 1. The molecule has 0 bridgehead atoms. The molecule has 8 heteroatoms. The van der Waals surface area contributed by atoms with Crippen LogP contribution in [0.2, 0.25) is 5.02 Å². The maximum atomic E-state index is 13.2. The molecule has 36 heavy (non-hydrogen) atoms. The highest BCUT2D eigenvalue weighted by Gasteiger charge is 2.29. The van der Waals surface area contributed by atoms with Gasteiger partial charge in [-0.1, -0.05) is 35.9 Å². The number of hydrogen-bond acceptors (Lipinski definition) is 6. The van der Waals surface area contributed by atoms with Gasteiger partial charge < -0.3 is 10.1 Å². The van der Waals surface area contributed by atoms with Crippen molar-refractivity contribution in [2.75, 3.05) is 19.6 Å². The molecule has 0 aliphatic carbocycles. The number of halogens is 1. The number of fused-ring (bicyclic) bond motifs is 1. The van der Waals surface area contributed by atoms with Crippen LogP contribution in [0.15, 0.2) is 66.3 Å². The number of carbonyl (C=O) groups is 1. The SMILES string of the molecule is Cc1ncsc1C(CNC(=O)c1cccc2ncccc12)N1CCC(OCc2ccc(Cl)cc2)CC1. The lowest BCUT2D eigenvalue weighted by Gasteiger charge is -2.37. The molecule has 5 rings (SSSR count). The van der Waals surface area contributed by atoms with Crippen molar-refractivity contribution < 1.29 is 9.53 Å². The summed E-state index contributed by atoms with van der Waals surface area (Å²) >= 11 is 7.64. The van der Waals surface area contributed by atoms with Gasteiger partial charge in [-0.25, -0.2) is 4.98 Å². The van der Waals surface area contributed by atoms with E-state index in [2.05, 4.69) is 20.2 Å². The highest BCUT2D eigenvalue weighted by Crippen LogP contribution is 2.30. The second kappa shape index (κ2) is 11.5. The molecule has 1 amide bonds. The number of pyridine rings is 1. The highest BCUT2D eigenvalue weighted by atomic mass is 35.5. The monoisotopic (exact) mass is 520 g/mol. The average Bonchev–Trinajstić information content (AvgIpc) is 3.34. The first-order chi connectivity index (χ1) is 17.6. The van der Waals surface area contributed by atoms with Crippen molar-refractivity contribution >= 4 is 39.7 Å². The summed E-state index contributed by atoms with van der Waals surface area (Å²) in [7, 11) is 0. The molecule has 1 aliphatic heterocycles. The summed E-state index contributed by atoms with van der Waals surface area (Å²) < 4.78 is 6.19. The fourth-order valence-corrected chi connectivity index (χ4v) is 5.82. The van der Waals surface area contributed by atoms with Crippen molar-refractivity contribution in [1.82, 2.24) is 20.2 Å². The van der Waals surface area contributed by atoms with Crippen LogP contribution in [0, 0.1) is 6.92 Å². The maximum absolute atomic E-state index is 13.2. The first-order valence-electron chi connectivity index (χ1n) is 12.2. The van der Waals surface area contributed by atoms with Gasteiger partial charge >= 0.3 is 0 Å². The number of nitrogens with zero attached hydrogens (tertiary/aromatic N) is 3. The number of piperidine rings is 1. The molecule has 4 aromatic rings. The van der Waals surface area contributed by atoms with Crippen molar-refractivity contribution in [3.63, 3.8) is 0 Å². The van der Waals surface area contributed by atoms with Crippen molar-refractivity contribution in [2.24, 2.45) is 0 Å². The average molecular weight is 521 g/mol. The van der Waals surface area contributed by atoms with Crippen molar-refractivity contribution in [1.29, 1.82) is 0 Å². The maximum Gasteiger partial charge on any atom is 0.252 e. The largest absolute Gasteiger partial charge is 0.373 e. The Hall–Kier alpha value is -2.84. The van der Waals surface area contributed by atoms with E-state index in [9.17, 15) is 4.79 Å². The number of aryl methyl sites for hydroxylation is 1. The topological polar surface area (TPSA) is 67.4 Å². The zero-order valence-corrected chi connectivity index (χ0v) is 21.8. The van der Waals surface area contributed by atoms with E-state index in [-0.39, 0.29) is 18.1 Å². The Bertz CT molecular complexity index is 1310. The van der Waals surface area contributed by atoms with E-state index in [1.165, 1.54) is 4.88 Å². The van der Waals surface area contributed by atoms with Crippen molar-refractivity contribution in [2.45, 2.75) is 38.5 Å². The first kappa shape index (κ1) is 24.8. The minimum Gasteiger partial charge on any atom is -0.373 e. The van der Waals surface area contributed by atoms with Gasteiger partial charge in [-0.15, -0.1) is 11.3 Å². The Morgan fingerprint density at radius 1 is 1.14 bits per heavy atom. The lowest BCUT2D eigenvalue weighted by molar-refractivity contribution is -0.0110. The molecule has 1 atom stereocenters. The van der Waals surface area contributed by atoms with Crippen LogP contribution in [0.3, 0.4) is 0 Å². The summed E-state index contributed by atoms with van der Waals surface area (Å²) in [6, 6.07) is 17.4. The zero-order chi connectivity index (χ0) is 24.9. The summed E-state index contributed by atoms with van der Waals surface area (Å²) in [5, 5.41) is 4.79. The second-order valence-corrected chi connectivity index (χ2v) is 10.4. The number of amides is 1. The smallest absolute Gasteiger partial charge is 0.252 e. The van der Waals surface area contributed by atoms with Gasteiger partial charge in [0.05, 0.1) is 35.5 Å². The first-order valence-corrected chi connectivity index (χ1v) is 13.5. The Morgan fingerprint density at radius 2 is 1.94 bits per heavy atom. The predicted octanol–water partition coefficient (Wildman–Crippen LogP) is 5.81. The van der Waals surface area contributed by atoms with Crippen LogP contribution < -0.4 is 5.32 Å². The van der Waals surface area contributed by atoms with Crippen LogP contribution in [-0.2, 0) is 11.3 Å². The van der Waals surface area contributed by atoms with Crippen molar-refractivity contribution in [3.8, 4) is 0 Å². The Labute approximate surface area is 220 Å². The number of likely N-dealkylation sites (tertiary alicyclic amines) is 1. The Balaban J connectivity index is 1.23. The molecule has 2 aromatic heterocycles. The number of carbonyl (C=O) groups excluding carboxylic acids is 1. The van der Waals surface area contributed by atoms with Gasteiger partial charge in [0.25, 0.3) is 5.91 Å². The van der Waals surface area contributed by atoms with E-state index in [1.54, 1.807) is 17.5 Å². The summed E-state index contributed by atoms with van der Waals surface area (Å²) in [5.41, 5.74) is 5.51. The van der Waals surface area contributed by atoms with E-state index >= 15 is 0 Å². The fraction of sp³-hybridized carbons (Fsp3) is 0.321. The van der Waals surface area contributed by atoms with Gasteiger partial charge in [0.15, 0.2) is 0 Å². The molecule has 1 saturated heterocycles. The third kappa shape index (κ3) is 5.76. The molecule has 0 saturated carbocycles. The van der Waals surface area contributed by atoms with Gasteiger partial charge in [0, 0.05) is 46.7 Å². The predicted molar refractivity (Wildman–Crippen MR) is 145 cm³/mol. The summed E-state index contributed by atoms with van der Waals surface area (Å²) in [6.45, 7) is 4.96. The van der Waals surface area contributed by atoms with Crippen LogP contribution in [0.4, 0.5) is 0 Å². The van der Waals surface area contributed by atoms with Crippen molar-refractivity contribution in [3.05, 3.63) is 93.0 Å². The fourth-order valence-electron chi connectivity index (χ4n) is 4.75. The van der Waals surface area contributed by atoms with E-state index in [0.29, 0.717) is 18.7 Å². The molecule has 3 heterocycles. The van der Waals surface area contributed by atoms with Crippen LogP contribution in [0.5, 0.6) is 0 Å². The van der Waals surface area contributed by atoms with E-state index in [0.717, 1.165) is 53.1 Å². The molecule has 1 N–H and O–H groups in total. The summed E-state index contributed by atoms with van der Waals surface area (Å²) in [6.07, 6.45) is 3.86. The molecular formula is C28H29ClN4O2S. The highest BCUT2D eigenvalue weighted by molar-refractivity contribution is 7.09. The number of ether oxygens (including phenoxy) is 1. The van der Waals surface area contributed by atoms with Gasteiger partial charge in [0.1, 0.15) is 0 Å². The molecule has 0 radical (unpaired) electrons. The van der Waals surface area contributed by atoms with Gasteiger partial charge in [-0.2, -0.15) is 0 Å². The van der Waals surface area contributed by atoms with Crippen LogP contribution in [0.25, 0.3) is 10.9 Å². The number of rotatable bonds is 8. The third-order valence-electron chi connectivity index (χ3n) is 6.75. The molecule has 0 spiro atoms. The number of benzene rings is 2. The van der Waals surface area contributed by atoms with Gasteiger partial charge in [-0.05, 0) is 55.7 Å². The van der Waals surface area contributed by atoms with Gasteiger partial charge in [0.2, 0.25) is 0 Å². The normalized spacial score (nSPS) is 15.7. The third-order valence-corrected chi connectivity index (χ3v) is 8.03. The molecule has 1 fully saturated rings. The number of hydrogen-bond donors (Lipinski definition) is 1. The van der Waals surface area contributed by atoms with Crippen LogP contribution >= 0.6 is 22.9 Å². The molecule has 2 aromatic carbocycles. The molecule has 6 nitrogen and oxygen atoms in total. The van der Waals surface area contributed by atoms with E-state index < -0.39 is 0 Å². The molecule has 1 aliphatic rings. The Morgan fingerprint density at radius 3 is 2.69 bits per heavy atom. The lowest BCUT2D eigenvalue weighted by Crippen LogP contribution is -2.43. The minimum atomic E-state index is -0.0815. The van der Waals surface area contributed by atoms with E-state index in [1.807, 2.05) is 67.0 Å². The molecular weight excluding hydrogens is 492 g/mol. The second-order valence-electron chi connectivity index (χ2n) is 9.08. The lowest BCUT2D eigenvalue weighted by atomic mass is 10.0. The zero-order valence-electron chi connectivity index (χ0n) is 20.2. The van der Waals surface area contributed by atoms with Crippen LogP contribution in [-0.4, -0.2) is 46.5 Å². The minimum absolute atomic E-state index is 0.0757. The quantitative estimate of drug-likeness (QED) is 0.318. The molecule has 1 unspecified atom stereocenters. The van der Waals surface area contributed by atoms with Crippen LogP contribution in [0.1, 0.15) is 45.4 Å². The summed E-state index contributed by atoms with van der Waals surface area (Å²) in [4.78, 5) is 25.7. The Kier molecular flexibility index (Phi) is 7.92. The number of nitrogens with one attached hydrogen (secondary N) is 1. The summed E-state index contributed by atoms with van der Waals surface area (Å²) in [5.74, 6) is -0.0815. The van der Waals surface area contributed by atoms with E-state index in [4.69, 9.17) is 16.3 Å². The standard InChI is InChI=1S/C28H29ClN4O2S/c1-19-27(36-18-32-19)26(16-31-28(34)24-4-2-6-25-23(24)5-3-13-30-25)33-14-11-22(12-15-33)35-17-20-7-9-21(29)10-8-20/h2-10,13,18,22,26H,11-12,14-17H2,1H3,(H,31,34). The van der Waals surface area contributed by atoms with Gasteiger partial charge in [-0.3, -0.25) is 14.7 Å². The number of aromatic nitrogens is 2.